The summed E-state index contributed by atoms with van der Waals surface area (Å²) in [7, 11) is -0.231. The van der Waals surface area contributed by atoms with Crippen LogP contribution in [0.15, 0.2) is 17.2 Å². The van der Waals surface area contributed by atoms with Crippen LogP contribution in [-0.4, -0.2) is 38.4 Å². The molecular formula is C10H18N2O4S. The predicted octanol–water partition coefficient (Wildman–Crippen LogP) is -0.168. The molecule has 0 aliphatic rings. The van der Waals surface area contributed by atoms with Crippen molar-refractivity contribution in [1.29, 1.82) is 0 Å². The number of nitrogens with one attached hydrogen (secondary N) is 1. The third-order valence-corrected chi connectivity index (χ3v) is 3.80. The zero-order valence-corrected chi connectivity index (χ0v) is 10.8. The zero-order chi connectivity index (χ0) is 12.9. The van der Waals surface area contributed by atoms with E-state index in [1.807, 2.05) is 0 Å². The monoisotopic (exact) mass is 262 g/mol. The number of hydrogen-bond acceptors (Lipinski definition) is 4. The van der Waals surface area contributed by atoms with Gasteiger partial charge in [0.25, 0.3) is 0 Å². The van der Waals surface area contributed by atoms with Crippen LogP contribution in [0.5, 0.6) is 0 Å². The second-order valence-corrected chi connectivity index (χ2v) is 5.45. The lowest BCUT2D eigenvalue weighted by Crippen LogP contribution is -2.25. The Bertz CT molecular complexity index is 453. The molecule has 0 aliphatic heterocycles. The first-order chi connectivity index (χ1) is 8.01. The van der Waals surface area contributed by atoms with Gasteiger partial charge in [0.15, 0.2) is 0 Å². The van der Waals surface area contributed by atoms with Gasteiger partial charge in [-0.05, 0) is 12.5 Å². The summed E-state index contributed by atoms with van der Waals surface area (Å²) >= 11 is 0. The molecule has 0 saturated heterocycles. The van der Waals surface area contributed by atoms with Crippen molar-refractivity contribution in [1.82, 2.24) is 9.29 Å². The number of methoxy groups -OCH3 is 1. The quantitative estimate of drug-likeness (QED) is 0.669. The molecule has 0 spiro atoms. The molecule has 0 fully saturated rings. The molecule has 0 unspecified atom stereocenters. The first kappa shape index (κ1) is 14.2. The Labute approximate surface area is 101 Å². The zero-order valence-electron chi connectivity index (χ0n) is 10.0. The van der Waals surface area contributed by atoms with Crippen molar-refractivity contribution < 1.29 is 18.3 Å². The highest BCUT2D eigenvalue weighted by Gasteiger charge is 2.16. The Morgan fingerprint density at radius 2 is 2.24 bits per heavy atom. The molecule has 98 valence electrons. The summed E-state index contributed by atoms with van der Waals surface area (Å²) in [5.41, 5.74) is 0.558. The number of aliphatic hydroxyl groups is 1. The highest BCUT2D eigenvalue weighted by molar-refractivity contribution is 7.89. The lowest BCUT2D eigenvalue weighted by Gasteiger charge is -2.03. The van der Waals surface area contributed by atoms with Crippen LogP contribution >= 0.6 is 0 Å². The van der Waals surface area contributed by atoms with Gasteiger partial charge in [-0.15, -0.1) is 0 Å². The summed E-state index contributed by atoms with van der Waals surface area (Å²) in [6, 6.07) is 1.46. The molecule has 2 N–H and O–H groups in total. The average Bonchev–Trinajstić information content (AvgIpc) is 2.67. The van der Waals surface area contributed by atoms with Crippen LogP contribution in [0.25, 0.3) is 0 Å². The van der Waals surface area contributed by atoms with Crippen LogP contribution in [0.4, 0.5) is 0 Å². The first-order valence-electron chi connectivity index (χ1n) is 5.26. The largest absolute Gasteiger partial charge is 0.390 e. The van der Waals surface area contributed by atoms with Gasteiger partial charge in [-0.1, -0.05) is 0 Å². The fourth-order valence-corrected chi connectivity index (χ4v) is 2.56. The molecular weight excluding hydrogens is 244 g/mol. The van der Waals surface area contributed by atoms with E-state index in [1.54, 1.807) is 18.7 Å². The predicted molar refractivity (Wildman–Crippen MR) is 63.0 cm³/mol. The number of nitrogens with zero attached hydrogens (tertiary/aromatic N) is 1. The topological polar surface area (TPSA) is 80.6 Å². The molecule has 0 radical (unpaired) electrons. The van der Waals surface area contributed by atoms with Crippen LogP contribution in [0, 0.1) is 0 Å². The molecule has 17 heavy (non-hydrogen) atoms. The van der Waals surface area contributed by atoms with E-state index in [0.717, 1.165) is 0 Å². The van der Waals surface area contributed by atoms with Gasteiger partial charge in [-0.3, -0.25) is 0 Å². The number of aromatic nitrogens is 1. The Balaban J connectivity index is 2.69. The normalized spacial score (nSPS) is 11.9. The van der Waals surface area contributed by atoms with Crippen molar-refractivity contribution in [3.63, 3.8) is 0 Å². The van der Waals surface area contributed by atoms with Crippen LogP contribution in [0.1, 0.15) is 12.1 Å². The maximum absolute atomic E-state index is 11.8. The number of aliphatic hydroxyl groups excluding tert-OH is 1. The van der Waals surface area contributed by atoms with Gasteiger partial charge in [-0.2, -0.15) is 0 Å². The summed E-state index contributed by atoms with van der Waals surface area (Å²) in [6.45, 7) is 0.661. The second-order valence-electron chi connectivity index (χ2n) is 3.68. The molecule has 0 atom stereocenters. The number of rotatable bonds is 7. The maximum Gasteiger partial charge on any atom is 0.242 e. The first-order valence-corrected chi connectivity index (χ1v) is 6.74. The fourth-order valence-electron chi connectivity index (χ4n) is 1.39. The van der Waals surface area contributed by atoms with Gasteiger partial charge in [0, 0.05) is 39.2 Å². The highest BCUT2D eigenvalue weighted by atomic mass is 32.2. The number of ether oxygens (including phenoxy) is 1. The number of hydrogen-bond donors (Lipinski definition) is 2. The summed E-state index contributed by atoms with van der Waals surface area (Å²) in [6.07, 6.45) is 2.10. The van der Waals surface area contributed by atoms with E-state index in [9.17, 15) is 8.42 Å². The summed E-state index contributed by atoms with van der Waals surface area (Å²) in [5, 5.41) is 8.99. The Hall–Kier alpha value is -0.890. The van der Waals surface area contributed by atoms with Gasteiger partial charge < -0.3 is 14.4 Å². The second kappa shape index (κ2) is 6.15. The molecule has 1 aromatic rings. The van der Waals surface area contributed by atoms with Crippen molar-refractivity contribution >= 4 is 10.0 Å². The number of aryl methyl sites for hydroxylation is 1. The molecule has 1 aromatic heterocycles. The molecule has 1 rings (SSSR count). The van der Waals surface area contributed by atoms with Crippen molar-refractivity contribution in [3.05, 3.63) is 18.0 Å². The summed E-state index contributed by atoms with van der Waals surface area (Å²) < 4.78 is 32.5. The van der Waals surface area contributed by atoms with E-state index in [-0.39, 0.29) is 11.5 Å². The lowest BCUT2D eigenvalue weighted by molar-refractivity contribution is 0.196. The average molecular weight is 262 g/mol. The Morgan fingerprint density at radius 1 is 1.53 bits per heavy atom. The van der Waals surface area contributed by atoms with E-state index in [1.165, 1.54) is 12.3 Å². The lowest BCUT2D eigenvalue weighted by atomic mass is 10.5. The van der Waals surface area contributed by atoms with Gasteiger partial charge in [0.1, 0.15) is 0 Å². The molecule has 0 bridgehead atoms. The van der Waals surface area contributed by atoms with Crippen molar-refractivity contribution in [3.8, 4) is 0 Å². The molecule has 7 heteroatoms. The standard InChI is InChI=1S/C10H18N2O4S/c1-12-7-10(6-9(12)8-13)17(14,15)11-4-3-5-16-2/h6-7,11,13H,3-5,8H2,1-2H3. The third kappa shape index (κ3) is 3.81. The fraction of sp³-hybridized carbons (Fsp3) is 0.600. The summed E-state index contributed by atoms with van der Waals surface area (Å²) in [4.78, 5) is 0.168. The van der Waals surface area contributed by atoms with E-state index < -0.39 is 10.0 Å². The van der Waals surface area contributed by atoms with Gasteiger partial charge >= 0.3 is 0 Å². The maximum atomic E-state index is 11.8. The van der Waals surface area contributed by atoms with Crippen LogP contribution < -0.4 is 4.72 Å². The number of sulfonamides is 1. The molecule has 0 amide bonds. The molecule has 0 saturated carbocycles. The van der Waals surface area contributed by atoms with E-state index in [0.29, 0.717) is 25.3 Å². The SMILES string of the molecule is COCCCNS(=O)(=O)c1cc(CO)n(C)c1. The van der Waals surface area contributed by atoms with E-state index in [2.05, 4.69) is 4.72 Å². The van der Waals surface area contributed by atoms with Gasteiger partial charge in [0.2, 0.25) is 10.0 Å². The minimum absolute atomic E-state index is 0.168. The van der Waals surface area contributed by atoms with E-state index >= 15 is 0 Å². The minimum Gasteiger partial charge on any atom is -0.390 e. The molecule has 0 aliphatic carbocycles. The van der Waals surface area contributed by atoms with Gasteiger partial charge in [0.05, 0.1) is 11.5 Å². The highest BCUT2D eigenvalue weighted by Crippen LogP contribution is 2.13. The molecule has 6 nitrogen and oxygen atoms in total. The summed E-state index contributed by atoms with van der Waals surface area (Å²) in [5.74, 6) is 0. The van der Waals surface area contributed by atoms with E-state index in [4.69, 9.17) is 9.84 Å². The Morgan fingerprint density at radius 3 is 2.76 bits per heavy atom. The van der Waals surface area contributed by atoms with Crippen LogP contribution in [-0.2, 0) is 28.4 Å². The smallest absolute Gasteiger partial charge is 0.242 e. The van der Waals surface area contributed by atoms with Gasteiger partial charge in [-0.25, -0.2) is 13.1 Å². The van der Waals surface area contributed by atoms with Crippen molar-refractivity contribution in [2.75, 3.05) is 20.3 Å². The van der Waals surface area contributed by atoms with Crippen LogP contribution in [0.2, 0.25) is 0 Å². The molecule has 0 aromatic carbocycles. The van der Waals surface area contributed by atoms with Crippen molar-refractivity contribution in [2.45, 2.75) is 17.9 Å². The van der Waals surface area contributed by atoms with Crippen LogP contribution in [0.3, 0.4) is 0 Å². The molecule has 1 heterocycles. The Kier molecular flexibility index (Phi) is 5.13. The van der Waals surface area contributed by atoms with Crippen molar-refractivity contribution in [2.24, 2.45) is 7.05 Å². The third-order valence-electron chi connectivity index (χ3n) is 2.37. The minimum atomic E-state index is -3.49.